The van der Waals surface area contributed by atoms with E-state index in [1.165, 1.54) is 6.92 Å². The molecule has 146 valence electrons. The van der Waals surface area contributed by atoms with E-state index in [1.54, 1.807) is 6.92 Å². The molecule has 9 heteroatoms. The van der Waals surface area contributed by atoms with Gasteiger partial charge in [-0.15, -0.1) is 0 Å². The summed E-state index contributed by atoms with van der Waals surface area (Å²) >= 11 is 0. The van der Waals surface area contributed by atoms with Crippen LogP contribution in [0.1, 0.15) is 59.3 Å². The van der Waals surface area contributed by atoms with Crippen LogP contribution in [-0.4, -0.2) is 48.6 Å². The van der Waals surface area contributed by atoms with E-state index < -0.39 is 36.5 Å². The molecule has 2 rings (SSSR count). The molecule has 0 aromatic carbocycles. The van der Waals surface area contributed by atoms with Crippen LogP contribution in [0.2, 0.25) is 0 Å². The van der Waals surface area contributed by atoms with Crippen molar-refractivity contribution in [3.05, 3.63) is 0 Å². The summed E-state index contributed by atoms with van der Waals surface area (Å²) in [6.45, 7) is 4.88. The number of carbonyl (C=O) groups is 1. The highest BCUT2D eigenvalue weighted by Crippen LogP contribution is 2.49. The van der Waals surface area contributed by atoms with Gasteiger partial charge in [0.15, 0.2) is 0 Å². The molecule has 0 saturated heterocycles. The Morgan fingerprint density at radius 1 is 1.12 bits per heavy atom. The Morgan fingerprint density at radius 3 is 2.08 bits per heavy atom. The largest absolute Gasteiger partial charge is 0.286 e. The van der Waals surface area contributed by atoms with E-state index in [2.05, 4.69) is 6.92 Å². The molecule has 2 unspecified atom stereocenters. The van der Waals surface area contributed by atoms with Crippen LogP contribution in [0.25, 0.3) is 0 Å². The van der Waals surface area contributed by atoms with E-state index in [-0.39, 0.29) is 13.0 Å². The molecule has 2 aliphatic rings. The van der Waals surface area contributed by atoms with Gasteiger partial charge in [-0.2, -0.15) is 8.42 Å². The van der Waals surface area contributed by atoms with Crippen molar-refractivity contribution in [1.82, 2.24) is 4.31 Å². The van der Waals surface area contributed by atoms with E-state index in [0.29, 0.717) is 30.6 Å². The summed E-state index contributed by atoms with van der Waals surface area (Å²) in [5.41, 5.74) is 0. The molecule has 2 atom stereocenters. The number of amides is 1. The zero-order valence-corrected chi connectivity index (χ0v) is 16.8. The van der Waals surface area contributed by atoms with Gasteiger partial charge in [0, 0.05) is 13.5 Å². The van der Waals surface area contributed by atoms with E-state index in [4.69, 9.17) is 4.55 Å². The van der Waals surface area contributed by atoms with Crippen LogP contribution in [0.5, 0.6) is 0 Å². The standard InChI is InChI=1S/C16H29NO6S2/c1-12-7-14-9-15(8-12)11-16(3,10-14)25(22,23)17(13(2)18)5-4-6-24(19,20)21/h12,14-15H,4-11H2,1-3H3,(H,19,20,21). The van der Waals surface area contributed by atoms with Gasteiger partial charge in [-0.05, 0) is 63.2 Å². The van der Waals surface area contributed by atoms with Crippen molar-refractivity contribution in [2.24, 2.45) is 17.8 Å². The van der Waals surface area contributed by atoms with Gasteiger partial charge >= 0.3 is 0 Å². The number of sulfonamides is 1. The van der Waals surface area contributed by atoms with E-state index >= 15 is 0 Å². The molecule has 2 bridgehead atoms. The molecule has 0 radical (unpaired) electrons. The normalized spacial score (nSPS) is 33.0. The number of hydrogen-bond acceptors (Lipinski definition) is 5. The molecular weight excluding hydrogens is 366 g/mol. The van der Waals surface area contributed by atoms with Crippen LogP contribution in [0.3, 0.4) is 0 Å². The van der Waals surface area contributed by atoms with Gasteiger partial charge in [-0.1, -0.05) is 6.92 Å². The van der Waals surface area contributed by atoms with Crippen molar-refractivity contribution in [1.29, 1.82) is 0 Å². The molecular formula is C16H29NO6S2. The monoisotopic (exact) mass is 395 g/mol. The fraction of sp³-hybridized carbons (Fsp3) is 0.938. The summed E-state index contributed by atoms with van der Waals surface area (Å²) in [7, 11) is -8.08. The molecule has 0 spiro atoms. The second kappa shape index (κ2) is 7.15. The van der Waals surface area contributed by atoms with Crippen molar-refractivity contribution in [3.8, 4) is 0 Å². The lowest BCUT2D eigenvalue weighted by Gasteiger charge is -2.47. The molecule has 2 aliphatic carbocycles. The maximum Gasteiger partial charge on any atom is 0.264 e. The topological polar surface area (TPSA) is 109 Å². The lowest BCUT2D eigenvalue weighted by atomic mass is 9.65. The summed E-state index contributed by atoms with van der Waals surface area (Å²) in [5.74, 6) is 0.143. The van der Waals surface area contributed by atoms with E-state index in [0.717, 1.165) is 23.6 Å². The van der Waals surface area contributed by atoms with Crippen LogP contribution < -0.4 is 0 Å². The highest BCUT2D eigenvalue weighted by molar-refractivity contribution is 7.91. The van der Waals surface area contributed by atoms with Crippen LogP contribution in [0.15, 0.2) is 0 Å². The average molecular weight is 396 g/mol. The van der Waals surface area contributed by atoms with Gasteiger partial charge in [0.1, 0.15) is 0 Å². The maximum atomic E-state index is 13.2. The van der Waals surface area contributed by atoms with Crippen molar-refractivity contribution in [3.63, 3.8) is 0 Å². The van der Waals surface area contributed by atoms with Crippen LogP contribution in [0.4, 0.5) is 0 Å². The molecule has 2 saturated carbocycles. The van der Waals surface area contributed by atoms with Crippen molar-refractivity contribution in [2.75, 3.05) is 12.3 Å². The first-order chi connectivity index (χ1) is 11.3. The molecule has 0 aliphatic heterocycles. The summed E-state index contributed by atoms with van der Waals surface area (Å²) in [5, 5.41) is 0. The van der Waals surface area contributed by atoms with Crippen LogP contribution >= 0.6 is 0 Å². The summed E-state index contributed by atoms with van der Waals surface area (Å²) < 4.78 is 56.8. The summed E-state index contributed by atoms with van der Waals surface area (Å²) in [6, 6.07) is 0. The fourth-order valence-electron chi connectivity index (χ4n) is 4.85. The van der Waals surface area contributed by atoms with Gasteiger partial charge < -0.3 is 0 Å². The van der Waals surface area contributed by atoms with Gasteiger partial charge in [0.05, 0.1) is 10.5 Å². The Bertz CT molecular complexity index is 697. The van der Waals surface area contributed by atoms with Gasteiger partial charge in [-0.25, -0.2) is 12.7 Å². The predicted molar refractivity (Wildman–Crippen MR) is 95.0 cm³/mol. The van der Waals surface area contributed by atoms with Crippen molar-refractivity contribution in [2.45, 2.75) is 64.0 Å². The Hall–Kier alpha value is -0.670. The number of carbonyl (C=O) groups excluding carboxylic acids is 1. The minimum atomic E-state index is -4.18. The highest BCUT2D eigenvalue weighted by Gasteiger charge is 2.51. The molecule has 1 amide bonds. The van der Waals surface area contributed by atoms with Gasteiger partial charge in [0.25, 0.3) is 10.1 Å². The second-order valence-corrected chi connectivity index (χ2v) is 12.1. The molecule has 25 heavy (non-hydrogen) atoms. The highest BCUT2D eigenvalue weighted by atomic mass is 32.2. The smallest absolute Gasteiger partial charge is 0.264 e. The predicted octanol–water partition coefficient (Wildman–Crippen LogP) is 2.05. The van der Waals surface area contributed by atoms with Crippen molar-refractivity contribution < 1.29 is 26.2 Å². The Kier molecular flexibility index (Phi) is 5.90. The Labute approximate surface area is 151 Å². The van der Waals surface area contributed by atoms with Crippen LogP contribution in [0, 0.1) is 17.8 Å². The Balaban J connectivity index is 2.19. The van der Waals surface area contributed by atoms with Gasteiger partial charge in [0.2, 0.25) is 15.9 Å². The maximum absolute atomic E-state index is 13.2. The minimum absolute atomic E-state index is 0.113. The fourth-order valence-corrected chi connectivity index (χ4v) is 7.48. The van der Waals surface area contributed by atoms with E-state index in [1.807, 2.05) is 0 Å². The SMILES string of the molecule is CC(=O)N(CCCS(=O)(=O)O)S(=O)(=O)C1(C)CC2CC(C)CC(C2)C1. The zero-order valence-electron chi connectivity index (χ0n) is 15.1. The second-order valence-electron chi connectivity index (χ2n) is 8.14. The van der Waals surface area contributed by atoms with Gasteiger partial charge in [-0.3, -0.25) is 9.35 Å². The first-order valence-electron chi connectivity index (χ1n) is 8.82. The third-order valence-electron chi connectivity index (χ3n) is 5.61. The summed E-state index contributed by atoms with van der Waals surface area (Å²) in [4.78, 5) is 12.0. The molecule has 0 heterocycles. The zero-order chi connectivity index (χ0) is 19.0. The molecule has 7 nitrogen and oxygen atoms in total. The number of rotatable bonds is 6. The molecule has 0 aromatic rings. The lowest BCUT2D eigenvalue weighted by Crippen LogP contribution is -2.53. The number of nitrogens with zero attached hydrogens (tertiary/aromatic N) is 1. The number of hydrogen-bond donors (Lipinski definition) is 1. The third kappa shape index (κ3) is 4.74. The number of fused-ring (bicyclic) bond motifs is 2. The third-order valence-corrected chi connectivity index (χ3v) is 9.01. The first-order valence-corrected chi connectivity index (χ1v) is 11.9. The van der Waals surface area contributed by atoms with E-state index in [9.17, 15) is 21.6 Å². The summed E-state index contributed by atoms with van der Waals surface area (Å²) in [6.07, 6.45) is 4.06. The van der Waals surface area contributed by atoms with Crippen LogP contribution in [-0.2, 0) is 24.9 Å². The first kappa shape index (κ1) is 20.6. The lowest BCUT2D eigenvalue weighted by molar-refractivity contribution is -0.124. The minimum Gasteiger partial charge on any atom is -0.286 e. The molecule has 0 aromatic heterocycles. The average Bonchev–Trinajstić information content (AvgIpc) is 2.39. The quantitative estimate of drug-likeness (QED) is 0.690. The van der Waals surface area contributed by atoms with Crippen molar-refractivity contribution >= 4 is 26.0 Å². The molecule has 2 fully saturated rings. The Morgan fingerprint density at radius 2 is 1.64 bits per heavy atom. The molecule has 1 N–H and O–H groups in total.